The fraction of sp³-hybridized carbons (Fsp3) is 0.167. The summed E-state index contributed by atoms with van der Waals surface area (Å²) in [6, 6.07) is 1.06. The van der Waals surface area contributed by atoms with E-state index in [4.69, 9.17) is 0 Å². The number of alkyl halides is 2. The Kier molecular flexibility index (Phi) is 3.07. The van der Waals surface area contributed by atoms with Crippen LogP contribution < -0.4 is 0 Å². The molecule has 7 heteroatoms. The molecule has 1 heterocycles. The summed E-state index contributed by atoms with van der Waals surface area (Å²) in [6.07, 6.45) is -1.88. The van der Waals surface area contributed by atoms with E-state index in [1.54, 1.807) is 22.6 Å². The summed E-state index contributed by atoms with van der Waals surface area (Å²) in [4.78, 5) is 12.8. The highest BCUT2D eigenvalue weighted by Crippen LogP contribution is 2.24. The molecular formula is C6H3F2IN2O2. The Balaban J connectivity index is 3.13. The maximum atomic E-state index is 12.1. The third kappa shape index (κ3) is 2.29. The zero-order valence-corrected chi connectivity index (χ0v) is 8.23. The van der Waals surface area contributed by atoms with Crippen molar-refractivity contribution in [3.05, 3.63) is 31.6 Å². The molecule has 0 unspecified atom stereocenters. The Morgan fingerprint density at radius 1 is 1.62 bits per heavy atom. The van der Waals surface area contributed by atoms with Gasteiger partial charge in [0.2, 0.25) is 0 Å². The van der Waals surface area contributed by atoms with Gasteiger partial charge in [-0.05, 0) is 22.6 Å². The number of nitro groups is 1. The summed E-state index contributed by atoms with van der Waals surface area (Å²) in [7, 11) is 0. The van der Waals surface area contributed by atoms with Crippen molar-refractivity contribution in [2.24, 2.45) is 0 Å². The maximum absolute atomic E-state index is 12.1. The summed E-state index contributed by atoms with van der Waals surface area (Å²) in [6.45, 7) is 0. The van der Waals surface area contributed by atoms with Gasteiger partial charge in [0, 0.05) is 9.64 Å². The van der Waals surface area contributed by atoms with E-state index in [0.29, 0.717) is 0 Å². The van der Waals surface area contributed by atoms with Gasteiger partial charge in [0.05, 0.1) is 4.92 Å². The van der Waals surface area contributed by atoms with Crippen LogP contribution in [0.25, 0.3) is 0 Å². The molecule has 0 spiro atoms. The normalized spacial score (nSPS) is 10.5. The molecule has 0 bridgehead atoms. The van der Waals surface area contributed by atoms with E-state index in [2.05, 4.69) is 4.98 Å². The number of halogens is 3. The van der Waals surface area contributed by atoms with Gasteiger partial charge in [-0.15, -0.1) is 0 Å². The molecule has 0 saturated carbocycles. The van der Waals surface area contributed by atoms with Gasteiger partial charge in [0.25, 0.3) is 12.1 Å². The van der Waals surface area contributed by atoms with E-state index < -0.39 is 17.0 Å². The van der Waals surface area contributed by atoms with Gasteiger partial charge in [-0.2, -0.15) is 0 Å². The molecule has 1 rings (SSSR count). The van der Waals surface area contributed by atoms with Gasteiger partial charge in [-0.1, -0.05) is 0 Å². The van der Waals surface area contributed by atoms with Crippen LogP contribution in [-0.2, 0) is 0 Å². The maximum Gasteiger partial charge on any atom is 0.288 e. The van der Waals surface area contributed by atoms with Crippen LogP contribution in [0.1, 0.15) is 12.1 Å². The lowest BCUT2D eigenvalue weighted by molar-refractivity contribution is -0.385. The number of aromatic nitrogens is 1. The first-order valence-corrected chi connectivity index (χ1v) is 4.18. The van der Waals surface area contributed by atoms with Crippen molar-refractivity contribution in [1.29, 1.82) is 0 Å². The first-order valence-electron chi connectivity index (χ1n) is 3.10. The van der Waals surface area contributed by atoms with Crippen molar-refractivity contribution in [2.75, 3.05) is 0 Å². The van der Waals surface area contributed by atoms with Gasteiger partial charge in [0.15, 0.2) is 0 Å². The summed E-state index contributed by atoms with van der Waals surface area (Å²) in [5.41, 5.74) is -0.708. The van der Waals surface area contributed by atoms with Crippen LogP contribution >= 0.6 is 22.6 Å². The molecule has 0 fully saturated rings. The molecule has 0 aromatic carbocycles. The third-order valence-electron chi connectivity index (χ3n) is 1.27. The topological polar surface area (TPSA) is 56.0 Å². The lowest BCUT2D eigenvalue weighted by Gasteiger charge is -2.00. The predicted octanol–water partition coefficient (Wildman–Crippen LogP) is 2.53. The second-order valence-corrected chi connectivity index (χ2v) is 3.28. The Morgan fingerprint density at radius 2 is 2.23 bits per heavy atom. The van der Waals surface area contributed by atoms with Gasteiger partial charge < -0.3 is 0 Å². The zero-order chi connectivity index (χ0) is 10.0. The average molecular weight is 300 g/mol. The molecule has 0 aliphatic heterocycles. The molecule has 1 aromatic rings. The second kappa shape index (κ2) is 3.90. The van der Waals surface area contributed by atoms with E-state index in [1.165, 1.54) is 0 Å². The molecule has 4 nitrogen and oxygen atoms in total. The number of hydrogen-bond donors (Lipinski definition) is 0. The molecule has 0 aliphatic carbocycles. The molecule has 70 valence electrons. The predicted molar refractivity (Wildman–Crippen MR) is 48.6 cm³/mol. The Bertz CT molecular complexity index is 345. The average Bonchev–Trinajstić information content (AvgIpc) is 2.03. The van der Waals surface area contributed by atoms with Crippen molar-refractivity contribution >= 4 is 28.3 Å². The molecule has 1 aromatic heterocycles. The van der Waals surface area contributed by atoms with E-state index in [9.17, 15) is 18.9 Å². The Morgan fingerprint density at radius 3 is 2.62 bits per heavy atom. The van der Waals surface area contributed by atoms with Crippen molar-refractivity contribution in [3.8, 4) is 0 Å². The fourth-order valence-corrected chi connectivity index (χ4v) is 1.39. The van der Waals surface area contributed by atoms with E-state index in [1.807, 2.05) is 0 Å². The summed E-state index contributed by atoms with van der Waals surface area (Å²) >= 11 is 1.59. The van der Waals surface area contributed by atoms with Gasteiger partial charge >= 0.3 is 0 Å². The standard InChI is InChI=1S/C6H3F2IN2O2/c7-6(8)5-4(9)1-3(2-10-5)11(12)13/h1-2,6H. The molecule has 0 aliphatic rings. The minimum Gasteiger partial charge on any atom is -0.258 e. The van der Waals surface area contributed by atoms with E-state index in [-0.39, 0.29) is 9.26 Å². The highest BCUT2D eigenvalue weighted by atomic mass is 127. The molecular weight excluding hydrogens is 297 g/mol. The van der Waals surface area contributed by atoms with Crippen LogP contribution in [0.2, 0.25) is 0 Å². The molecule has 13 heavy (non-hydrogen) atoms. The highest BCUT2D eigenvalue weighted by molar-refractivity contribution is 14.1. The number of pyridine rings is 1. The van der Waals surface area contributed by atoms with Gasteiger partial charge in [-0.3, -0.25) is 10.1 Å². The van der Waals surface area contributed by atoms with Gasteiger partial charge in [0.1, 0.15) is 11.9 Å². The Labute approximate surface area is 85.3 Å². The minimum atomic E-state index is -2.70. The minimum absolute atomic E-state index is 0.0989. The summed E-state index contributed by atoms with van der Waals surface area (Å²) in [5, 5.41) is 10.2. The zero-order valence-electron chi connectivity index (χ0n) is 6.08. The van der Waals surface area contributed by atoms with Crippen molar-refractivity contribution in [2.45, 2.75) is 6.43 Å². The monoisotopic (exact) mass is 300 g/mol. The molecule has 0 N–H and O–H groups in total. The quantitative estimate of drug-likeness (QED) is 0.479. The van der Waals surface area contributed by atoms with E-state index >= 15 is 0 Å². The largest absolute Gasteiger partial charge is 0.288 e. The molecule has 0 saturated heterocycles. The number of nitrogens with zero attached hydrogens (tertiary/aromatic N) is 2. The van der Waals surface area contributed by atoms with Gasteiger partial charge in [-0.25, -0.2) is 13.8 Å². The van der Waals surface area contributed by atoms with Crippen LogP contribution in [0.4, 0.5) is 14.5 Å². The van der Waals surface area contributed by atoms with Crippen LogP contribution in [0, 0.1) is 13.7 Å². The van der Waals surface area contributed by atoms with Crippen molar-refractivity contribution in [1.82, 2.24) is 4.98 Å². The Hall–Kier alpha value is -0.860. The first kappa shape index (κ1) is 10.2. The molecule has 0 amide bonds. The summed E-state index contributed by atoms with van der Waals surface area (Å²) < 4.78 is 24.3. The lowest BCUT2D eigenvalue weighted by Crippen LogP contribution is -1.97. The van der Waals surface area contributed by atoms with Crippen molar-refractivity contribution in [3.63, 3.8) is 0 Å². The van der Waals surface area contributed by atoms with Crippen LogP contribution in [-0.4, -0.2) is 9.91 Å². The van der Waals surface area contributed by atoms with Crippen LogP contribution in [0.5, 0.6) is 0 Å². The smallest absolute Gasteiger partial charge is 0.258 e. The second-order valence-electron chi connectivity index (χ2n) is 2.12. The fourth-order valence-electron chi connectivity index (χ4n) is 0.699. The molecule has 0 radical (unpaired) electrons. The molecule has 0 atom stereocenters. The first-order chi connectivity index (χ1) is 6.02. The summed E-state index contributed by atoms with van der Waals surface area (Å²) in [5.74, 6) is 0. The number of rotatable bonds is 2. The van der Waals surface area contributed by atoms with Crippen LogP contribution in [0.3, 0.4) is 0 Å². The SMILES string of the molecule is O=[N+]([O-])c1cnc(C(F)F)c(I)c1. The van der Waals surface area contributed by atoms with E-state index in [0.717, 1.165) is 12.3 Å². The highest BCUT2D eigenvalue weighted by Gasteiger charge is 2.16. The van der Waals surface area contributed by atoms with Crippen molar-refractivity contribution < 1.29 is 13.7 Å². The lowest BCUT2D eigenvalue weighted by atomic mass is 10.3. The van der Waals surface area contributed by atoms with Crippen LogP contribution in [0.15, 0.2) is 12.3 Å². The number of hydrogen-bond acceptors (Lipinski definition) is 3. The third-order valence-corrected chi connectivity index (χ3v) is 2.14.